The fourth-order valence-corrected chi connectivity index (χ4v) is 4.12. The van der Waals surface area contributed by atoms with Crippen LogP contribution < -0.4 is 0 Å². The minimum Gasteiger partial charge on any atom is -0.444 e. The first kappa shape index (κ1) is 21.0. The van der Waals surface area contributed by atoms with Crippen LogP contribution in [0.1, 0.15) is 32.8 Å². The van der Waals surface area contributed by atoms with Crippen molar-refractivity contribution in [3.05, 3.63) is 29.8 Å². The number of nitrogens with zero attached hydrogens (tertiary/aromatic N) is 1. The zero-order valence-electron chi connectivity index (χ0n) is 15.4. The van der Waals surface area contributed by atoms with Crippen LogP contribution in [0.3, 0.4) is 0 Å². The van der Waals surface area contributed by atoms with E-state index in [0.29, 0.717) is 6.42 Å². The van der Waals surface area contributed by atoms with Crippen molar-refractivity contribution in [2.45, 2.75) is 56.8 Å². The first-order valence-corrected chi connectivity index (χ1v) is 10.1. The van der Waals surface area contributed by atoms with E-state index in [1.165, 1.54) is 11.0 Å². The molecular weight excluding hydrogens is 378 g/mol. The van der Waals surface area contributed by atoms with E-state index < -0.39 is 27.9 Å². The van der Waals surface area contributed by atoms with E-state index in [2.05, 4.69) is 12.9 Å². The maximum absolute atomic E-state index is 12.5. The summed E-state index contributed by atoms with van der Waals surface area (Å²) >= 11 is 2.94. The topological polar surface area (TPSA) is 82.1 Å². The Morgan fingerprint density at radius 2 is 2.04 bits per heavy atom. The van der Waals surface area contributed by atoms with Crippen LogP contribution in [0.15, 0.2) is 29.2 Å². The van der Waals surface area contributed by atoms with Gasteiger partial charge in [-0.2, -0.15) is 12.6 Å². The molecule has 1 aliphatic heterocycles. The van der Waals surface area contributed by atoms with Gasteiger partial charge in [0.2, 0.25) is 0 Å². The Morgan fingerprint density at radius 1 is 1.35 bits per heavy atom. The van der Waals surface area contributed by atoms with Crippen LogP contribution in [-0.2, 0) is 36.1 Å². The maximum Gasteiger partial charge on any atom is 0.410 e. The highest BCUT2D eigenvalue weighted by atomic mass is 32.2. The smallest absolute Gasteiger partial charge is 0.410 e. The van der Waals surface area contributed by atoms with Crippen molar-refractivity contribution < 1.29 is 26.3 Å². The van der Waals surface area contributed by atoms with Crippen LogP contribution in [0.5, 0.6) is 0 Å². The number of rotatable bonds is 5. The summed E-state index contributed by atoms with van der Waals surface area (Å²) in [6.07, 6.45) is -0.862. The van der Waals surface area contributed by atoms with Gasteiger partial charge in [-0.1, -0.05) is 12.1 Å². The zero-order chi connectivity index (χ0) is 19.5. The molecule has 9 heteroatoms. The molecule has 1 heterocycles. The van der Waals surface area contributed by atoms with Crippen molar-refractivity contribution in [3.8, 4) is 0 Å². The summed E-state index contributed by atoms with van der Waals surface area (Å²) in [7, 11) is -3.92. The number of hydrogen-bond acceptors (Lipinski definition) is 6. The summed E-state index contributed by atoms with van der Waals surface area (Å²) in [5.41, 5.74) is 0.171. The van der Waals surface area contributed by atoms with Crippen LogP contribution in [0.25, 0.3) is 0 Å². The van der Waals surface area contributed by atoms with Crippen molar-refractivity contribution in [3.63, 3.8) is 0 Å². The van der Waals surface area contributed by atoms with Gasteiger partial charge in [-0.3, -0.25) is 9.08 Å². The van der Waals surface area contributed by atoms with Crippen molar-refractivity contribution in [2.24, 2.45) is 0 Å². The summed E-state index contributed by atoms with van der Waals surface area (Å²) in [6, 6.07) is 6.16. The summed E-state index contributed by atoms with van der Waals surface area (Å²) in [5, 5.41) is 0. The highest BCUT2D eigenvalue weighted by Crippen LogP contribution is 2.26. The lowest BCUT2D eigenvalue weighted by molar-refractivity contribution is 0.0183. The summed E-state index contributed by atoms with van der Waals surface area (Å²) in [6.45, 7) is 7.43. The molecular formula is C17H26NO6S2+. The molecule has 1 fully saturated rings. The predicted octanol–water partition coefficient (Wildman–Crippen LogP) is 2.02. The van der Waals surface area contributed by atoms with Gasteiger partial charge in [-0.25, -0.2) is 4.79 Å². The number of carbonyl (C=O) groups excluding carboxylic acids is 1. The number of aryl methyl sites for hydroxylation is 1. The fourth-order valence-electron chi connectivity index (χ4n) is 2.75. The molecule has 0 aliphatic carbocycles. The van der Waals surface area contributed by atoms with Crippen LogP contribution >= 0.6 is 0 Å². The first-order chi connectivity index (χ1) is 12.0. The zero-order valence-corrected chi connectivity index (χ0v) is 17.2. The van der Waals surface area contributed by atoms with Gasteiger partial charge in [0.25, 0.3) is 10.1 Å². The Balaban J connectivity index is 2.12. The van der Waals surface area contributed by atoms with Gasteiger partial charge in [0.1, 0.15) is 25.1 Å². The average Bonchev–Trinajstić information content (AvgIpc) is 2.88. The number of benzene rings is 1. The monoisotopic (exact) mass is 404 g/mol. The molecule has 1 saturated heterocycles. The van der Waals surface area contributed by atoms with E-state index in [9.17, 15) is 13.2 Å². The lowest BCUT2D eigenvalue weighted by Gasteiger charge is -2.27. The molecule has 2 atom stereocenters. The molecule has 0 radical (unpaired) electrons. The molecule has 0 N–H and O–H groups in total. The quantitative estimate of drug-likeness (QED) is 0.552. The third kappa shape index (κ3) is 5.60. The molecule has 0 spiro atoms. The van der Waals surface area contributed by atoms with E-state index in [1.807, 2.05) is 13.0 Å². The highest BCUT2D eigenvalue weighted by Gasteiger charge is 2.40. The number of carbonyl (C=O) groups is 1. The van der Waals surface area contributed by atoms with Crippen LogP contribution in [0, 0.1) is 6.92 Å². The van der Waals surface area contributed by atoms with E-state index >= 15 is 0 Å². The molecule has 2 rings (SSSR count). The highest BCUT2D eigenvalue weighted by molar-refractivity contribution is 7.86. The van der Waals surface area contributed by atoms with Gasteiger partial charge < -0.3 is 4.74 Å². The predicted molar refractivity (Wildman–Crippen MR) is 101 cm³/mol. The molecule has 0 saturated carbocycles. The molecule has 1 amide bonds. The van der Waals surface area contributed by atoms with Crippen LogP contribution in [0.2, 0.25) is 0 Å². The van der Waals surface area contributed by atoms with Crippen LogP contribution in [-0.4, -0.2) is 50.3 Å². The first-order valence-electron chi connectivity index (χ1n) is 8.30. The number of amides is 1. The average molecular weight is 405 g/mol. The largest absolute Gasteiger partial charge is 0.444 e. The van der Waals surface area contributed by atoms with Gasteiger partial charge in [0, 0.05) is 0 Å². The lowest BCUT2D eigenvalue weighted by Crippen LogP contribution is -2.41. The molecule has 1 aliphatic rings. The number of likely N-dealkylation sites (tertiary alicyclic amines) is 1. The SMILES string of the molecule is Cc1cccc(S(=O)(=O)O[C@@H]2C[C@H](CO[SH2+])N(C(=O)OC(C)(C)C)C2)c1. The van der Waals surface area contributed by atoms with E-state index in [1.54, 1.807) is 32.9 Å². The second-order valence-electron chi connectivity index (χ2n) is 7.32. The normalized spacial score (nSPS) is 21.0. The lowest BCUT2D eigenvalue weighted by atomic mass is 10.2. The second-order valence-corrected chi connectivity index (χ2v) is 9.18. The number of hydrogen-bond donors (Lipinski definition) is 0. The Kier molecular flexibility index (Phi) is 6.60. The van der Waals surface area contributed by atoms with Gasteiger partial charge in [0.05, 0.1) is 23.6 Å². The third-order valence-electron chi connectivity index (χ3n) is 3.82. The van der Waals surface area contributed by atoms with E-state index in [4.69, 9.17) is 13.1 Å². The Hall–Kier alpha value is -1.29. The molecule has 146 valence electrons. The Bertz CT molecular complexity index is 744. The van der Waals surface area contributed by atoms with E-state index in [0.717, 1.165) is 5.56 Å². The third-order valence-corrected chi connectivity index (χ3v) is 5.34. The molecule has 0 unspecified atom stereocenters. The fraction of sp³-hybridized carbons (Fsp3) is 0.588. The second kappa shape index (κ2) is 8.16. The Labute approximate surface area is 160 Å². The minimum absolute atomic E-state index is 0.0983. The molecule has 0 bridgehead atoms. The summed E-state index contributed by atoms with van der Waals surface area (Å²) < 4.78 is 40.8. The van der Waals surface area contributed by atoms with Gasteiger partial charge in [-0.15, -0.1) is 0 Å². The molecule has 1 aromatic rings. The summed E-state index contributed by atoms with van der Waals surface area (Å²) in [5.74, 6) is 0. The standard InChI is InChI=1S/C17H25NO6S2/c1-12-6-5-7-15(8-12)26(20,21)24-14-9-13(11-22-25)18(10-14)16(19)23-17(2,3)4/h5-8,13-14,25H,9-11H2,1-4H3/p+1/t13-,14-/m1/s1. The van der Waals surface area contributed by atoms with Gasteiger partial charge in [0.15, 0.2) is 0 Å². The van der Waals surface area contributed by atoms with E-state index in [-0.39, 0.29) is 24.1 Å². The molecule has 1 aromatic carbocycles. The molecule has 7 nitrogen and oxygen atoms in total. The number of ether oxygens (including phenoxy) is 1. The van der Waals surface area contributed by atoms with Crippen molar-refractivity contribution >= 4 is 29.1 Å². The summed E-state index contributed by atoms with van der Waals surface area (Å²) in [4.78, 5) is 13.9. The van der Waals surface area contributed by atoms with Crippen molar-refractivity contribution in [1.82, 2.24) is 4.90 Å². The molecule has 0 aromatic heterocycles. The van der Waals surface area contributed by atoms with Gasteiger partial charge >= 0.3 is 6.09 Å². The molecule has 26 heavy (non-hydrogen) atoms. The maximum atomic E-state index is 12.5. The van der Waals surface area contributed by atoms with Gasteiger partial charge in [-0.05, 0) is 51.8 Å². The van der Waals surface area contributed by atoms with Crippen LogP contribution in [0.4, 0.5) is 4.79 Å². The van der Waals surface area contributed by atoms with Crippen molar-refractivity contribution in [2.75, 3.05) is 13.2 Å². The Morgan fingerprint density at radius 3 is 2.62 bits per heavy atom. The minimum atomic E-state index is -3.92. The van der Waals surface area contributed by atoms with Crippen molar-refractivity contribution in [1.29, 1.82) is 0 Å².